The van der Waals surface area contributed by atoms with Crippen molar-refractivity contribution < 1.29 is 0 Å². The summed E-state index contributed by atoms with van der Waals surface area (Å²) in [6.07, 6.45) is 6.35. The van der Waals surface area contributed by atoms with Gasteiger partial charge < -0.3 is 4.90 Å². The predicted molar refractivity (Wildman–Crippen MR) is 40.9 cm³/mol. The molecule has 0 aromatic carbocycles. The van der Waals surface area contributed by atoms with Gasteiger partial charge in [0.1, 0.15) is 0 Å². The maximum Gasteiger partial charge on any atom is 0.0282 e. The number of hydrogen-bond donors (Lipinski definition) is 0. The van der Waals surface area contributed by atoms with E-state index < -0.39 is 0 Å². The first-order chi connectivity index (χ1) is 4.20. The monoisotopic (exact) mass is 125 g/mol. The molecule has 0 N–H and O–H groups in total. The van der Waals surface area contributed by atoms with E-state index in [2.05, 4.69) is 19.9 Å². The van der Waals surface area contributed by atoms with Gasteiger partial charge in [-0.3, -0.25) is 0 Å². The minimum absolute atomic E-state index is 0.714. The second-order valence-corrected chi connectivity index (χ2v) is 2.52. The third-order valence-corrected chi connectivity index (χ3v) is 1.50. The molecule has 0 saturated carbocycles. The molecule has 0 saturated heterocycles. The summed E-state index contributed by atoms with van der Waals surface area (Å²) in [7, 11) is 1.94. The van der Waals surface area contributed by atoms with Crippen LogP contribution in [-0.2, 0) is 0 Å². The fraction of sp³-hybridized carbons (Fsp3) is 0.750. The fourth-order valence-electron chi connectivity index (χ4n) is 0.649. The average molecular weight is 125 g/mol. The molecule has 1 nitrogen and oxygen atoms in total. The van der Waals surface area contributed by atoms with Crippen LogP contribution in [0.25, 0.3) is 0 Å². The Morgan fingerprint density at radius 2 is 2.22 bits per heavy atom. The van der Waals surface area contributed by atoms with Crippen LogP contribution in [0.5, 0.6) is 0 Å². The summed E-state index contributed by atoms with van der Waals surface area (Å²) in [5, 5.41) is 0. The van der Waals surface area contributed by atoms with E-state index in [1.54, 1.807) is 0 Å². The molecular weight excluding hydrogens is 110 g/mol. The third kappa shape index (κ3) is 3.90. The van der Waals surface area contributed by atoms with Crippen LogP contribution >= 0.6 is 0 Å². The van der Waals surface area contributed by atoms with Crippen LogP contribution in [-0.4, -0.2) is 18.5 Å². The number of terminal acetylenes is 1. The van der Waals surface area contributed by atoms with Crippen molar-refractivity contribution in [3.63, 3.8) is 0 Å². The van der Waals surface area contributed by atoms with Crippen LogP contribution in [0, 0.1) is 18.4 Å². The van der Waals surface area contributed by atoms with Gasteiger partial charge >= 0.3 is 0 Å². The Morgan fingerprint density at radius 1 is 1.67 bits per heavy atom. The molecule has 0 bridgehead atoms. The summed E-state index contributed by atoms with van der Waals surface area (Å²) in [4.78, 5) is 1.88. The molecule has 9 heavy (non-hydrogen) atoms. The molecule has 0 aromatic rings. The topological polar surface area (TPSA) is 3.24 Å². The fourth-order valence-corrected chi connectivity index (χ4v) is 0.649. The Bertz CT molecular complexity index is 102. The highest BCUT2D eigenvalue weighted by Crippen LogP contribution is 2.00. The summed E-state index contributed by atoms with van der Waals surface area (Å²) in [5.41, 5.74) is 0. The van der Waals surface area contributed by atoms with Crippen LogP contribution in [0.3, 0.4) is 0 Å². The van der Waals surface area contributed by atoms with Crippen molar-refractivity contribution in [2.24, 2.45) is 5.92 Å². The smallest absolute Gasteiger partial charge is 0.0282 e. The van der Waals surface area contributed by atoms with Gasteiger partial charge in [-0.1, -0.05) is 26.7 Å². The summed E-state index contributed by atoms with van der Waals surface area (Å²) in [6.45, 7) is 5.38. The first-order valence-corrected chi connectivity index (χ1v) is 3.38. The SMILES string of the molecule is C#CN(C)CC(C)CC. The Hall–Kier alpha value is -0.640. The van der Waals surface area contributed by atoms with E-state index in [0.717, 1.165) is 6.54 Å². The van der Waals surface area contributed by atoms with E-state index in [0.29, 0.717) is 5.92 Å². The molecule has 0 aliphatic heterocycles. The maximum absolute atomic E-state index is 5.15. The minimum Gasteiger partial charge on any atom is -0.336 e. The van der Waals surface area contributed by atoms with Crippen molar-refractivity contribution in [1.29, 1.82) is 0 Å². The van der Waals surface area contributed by atoms with Gasteiger partial charge in [0.25, 0.3) is 0 Å². The van der Waals surface area contributed by atoms with Gasteiger partial charge in [-0.15, -0.1) is 0 Å². The highest BCUT2D eigenvalue weighted by molar-refractivity contribution is 4.82. The molecule has 0 radical (unpaired) electrons. The van der Waals surface area contributed by atoms with Crippen molar-refractivity contribution in [2.75, 3.05) is 13.6 Å². The van der Waals surface area contributed by atoms with Crippen molar-refractivity contribution >= 4 is 0 Å². The number of hydrogen-bond acceptors (Lipinski definition) is 1. The number of nitrogens with zero attached hydrogens (tertiary/aromatic N) is 1. The van der Waals surface area contributed by atoms with Gasteiger partial charge in [-0.2, -0.15) is 0 Å². The van der Waals surface area contributed by atoms with E-state index in [1.165, 1.54) is 6.42 Å². The van der Waals surface area contributed by atoms with Crippen LogP contribution in [0.1, 0.15) is 20.3 Å². The van der Waals surface area contributed by atoms with Gasteiger partial charge in [-0.05, 0) is 5.92 Å². The largest absolute Gasteiger partial charge is 0.336 e. The Morgan fingerprint density at radius 3 is 2.56 bits per heavy atom. The molecule has 0 spiro atoms. The molecule has 1 unspecified atom stereocenters. The lowest BCUT2D eigenvalue weighted by molar-refractivity contribution is 0.382. The van der Waals surface area contributed by atoms with E-state index in [-0.39, 0.29) is 0 Å². The Balaban J connectivity index is 3.37. The van der Waals surface area contributed by atoms with E-state index in [1.807, 2.05) is 11.9 Å². The predicted octanol–water partition coefficient (Wildman–Crippen LogP) is 1.56. The first kappa shape index (κ1) is 8.36. The molecule has 0 fully saturated rings. The van der Waals surface area contributed by atoms with Gasteiger partial charge in [0.2, 0.25) is 0 Å². The first-order valence-electron chi connectivity index (χ1n) is 3.38. The van der Waals surface area contributed by atoms with Crippen LogP contribution in [0.4, 0.5) is 0 Å². The lowest BCUT2D eigenvalue weighted by Crippen LogP contribution is -2.18. The number of rotatable bonds is 3. The van der Waals surface area contributed by atoms with Crippen molar-refractivity contribution in [1.82, 2.24) is 4.90 Å². The van der Waals surface area contributed by atoms with Crippen molar-refractivity contribution in [3.05, 3.63) is 0 Å². The zero-order chi connectivity index (χ0) is 7.28. The maximum atomic E-state index is 5.15. The highest BCUT2D eigenvalue weighted by Gasteiger charge is 1.98. The molecule has 0 aliphatic carbocycles. The molecule has 52 valence electrons. The normalized spacial score (nSPS) is 12.2. The summed E-state index contributed by atoms with van der Waals surface area (Å²) >= 11 is 0. The summed E-state index contributed by atoms with van der Waals surface area (Å²) in [5.74, 6) is 0.714. The standard InChI is InChI=1S/C8H15N/c1-5-8(3)7-9(4)6-2/h2,8H,5,7H2,1,3-4H3. The van der Waals surface area contributed by atoms with Crippen LogP contribution in [0.15, 0.2) is 0 Å². The molecule has 1 atom stereocenters. The van der Waals surface area contributed by atoms with E-state index >= 15 is 0 Å². The molecule has 1 heteroatoms. The quantitative estimate of drug-likeness (QED) is 0.408. The zero-order valence-electron chi connectivity index (χ0n) is 6.52. The van der Waals surface area contributed by atoms with Gasteiger partial charge in [-0.25, -0.2) is 0 Å². The molecule has 0 heterocycles. The summed E-state index contributed by atoms with van der Waals surface area (Å²) < 4.78 is 0. The molecular formula is C8H15N. The Kier molecular flexibility index (Phi) is 3.96. The third-order valence-electron chi connectivity index (χ3n) is 1.50. The van der Waals surface area contributed by atoms with Crippen molar-refractivity contribution in [2.45, 2.75) is 20.3 Å². The minimum atomic E-state index is 0.714. The second-order valence-electron chi connectivity index (χ2n) is 2.52. The van der Waals surface area contributed by atoms with Gasteiger partial charge in [0.05, 0.1) is 0 Å². The van der Waals surface area contributed by atoms with Crippen LogP contribution < -0.4 is 0 Å². The lowest BCUT2D eigenvalue weighted by atomic mass is 10.1. The van der Waals surface area contributed by atoms with E-state index in [4.69, 9.17) is 6.42 Å². The molecule has 0 aliphatic rings. The average Bonchev–Trinajstić information content (AvgIpc) is 1.87. The highest BCUT2D eigenvalue weighted by atomic mass is 15.1. The second kappa shape index (κ2) is 4.26. The van der Waals surface area contributed by atoms with Gasteiger partial charge in [0.15, 0.2) is 0 Å². The lowest BCUT2D eigenvalue weighted by Gasteiger charge is -2.14. The van der Waals surface area contributed by atoms with Gasteiger partial charge in [0, 0.05) is 19.6 Å². The van der Waals surface area contributed by atoms with Crippen molar-refractivity contribution in [3.8, 4) is 12.5 Å². The molecule has 0 rings (SSSR count). The molecule has 0 amide bonds. The zero-order valence-corrected chi connectivity index (χ0v) is 6.52. The van der Waals surface area contributed by atoms with E-state index in [9.17, 15) is 0 Å². The summed E-state index contributed by atoms with van der Waals surface area (Å²) in [6, 6.07) is 2.56. The Labute approximate surface area is 58.1 Å². The van der Waals surface area contributed by atoms with Crippen LogP contribution in [0.2, 0.25) is 0 Å². The molecule has 0 aromatic heterocycles.